The third-order valence-electron chi connectivity index (χ3n) is 5.51. The second-order valence-corrected chi connectivity index (χ2v) is 9.66. The van der Waals surface area contributed by atoms with Gasteiger partial charge in [-0.15, -0.1) is 0 Å². The Balaban J connectivity index is 1.39. The topological polar surface area (TPSA) is 84.5 Å². The van der Waals surface area contributed by atoms with Crippen molar-refractivity contribution in [1.82, 2.24) is 5.32 Å². The first-order chi connectivity index (χ1) is 16.3. The molecule has 4 rings (SSSR count). The van der Waals surface area contributed by atoms with E-state index in [9.17, 15) is 13.2 Å². The summed E-state index contributed by atoms with van der Waals surface area (Å²) in [6, 6.07) is 25.6. The predicted octanol–water partition coefficient (Wildman–Crippen LogP) is 5.07. The number of ether oxygens (including phenoxy) is 1. The molecule has 7 heteroatoms. The van der Waals surface area contributed by atoms with Crippen LogP contribution in [0.15, 0.2) is 89.8 Å². The van der Waals surface area contributed by atoms with Crippen molar-refractivity contribution in [3.05, 3.63) is 102 Å². The van der Waals surface area contributed by atoms with Crippen LogP contribution in [0, 0.1) is 13.8 Å². The number of fused-ring (bicyclic) bond motifs is 1. The number of hydrogen-bond donors (Lipinski definition) is 2. The minimum absolute atomic E-state index is 0.0656. The largest absolute Gasteiger partial charge is 0.492 e. The van der Waals surface area contributed by atoms with Crippen molar-refractivity contribution in [2.75, 3.05) is 17.9 Å². The highest BCUT2D eigenvalue weighted by Gasteiger charge is 2.20. The fourth-order valence-electron chi connectivity index (χ4n) is 3.61. The SMILES string of the molecule is Cc1ccccc1NS(=O)(=O)c1cc(C(=O)NCCOc2ccc3ccccc3c2)ccc1C. The van der Waals surface area contributed by atoms with Crippen molar-refractivity contribution < 1.29 is 17.9 Å². The molecule has 0 fully saturated rings. The van der Waals surface area contributed by atoms with Gasteiger partial charge in [0, 0.05) is 5.56 Å². The number of anilines is 1. The maximum Gasteiger partial charge on any atom is 0.262 e. The van der Waals surface area contributed by atoms with E-state index in [0.717, 1.165) is 22.1 Å². The van der Waals surface area contributed by atoms with Crippen LogP contribution < -0.4 is 14.8 Å². The molecule has 0 heterocycles. The summed E-state index contributed by atoms with van der Waals surface area (Å²) in [5.74, 6) is 0.355. The second kappa shape index (κ2) is 9.97. The molecule has 0 aliphatic carbocycles. The van der Waals surface area contributed by atoms with Crippen LogP contribution in [-0.2, 0) is 10.0 Å². The zero-order valence-corrected chi connectivity index (χ0v) is 19.9. The molecule has 0 radical (unpaired) electrons. The van der Waals surface area contributed by atoms with Gasteiger partial charge in [0.15, 0.2) is 0 Å². The van der Waals surface area contributed by atoms with Crippen LogP contribution in [0.1, 0.15) is 21.5 Å². The van der Waals surface area contributed by atoms with E-state index in [4.69, 9.17) is 4.74 Å². The fraction of sp³-hybridized carbons (Fsp3) is 0.148. The van der Waals surface area contributed by atoms with E-state index in [1.165, 1.54) is 6.07 Å². The minimum Gasteiger partial charge on any atom is -0.492 e. The first-order valence-corrected chi connectivity index (χ1v) is 12.4. The van der Waals surface area contributed by atoms with Gasteiger partial charge in [-0.1, -0.05) is 54.6 Å². The van der Waals surface area contributed by atoms with Crippen LogP contribution in [0.25, 0.3) is 10.8 Å². The fourth-order valence-corrected chi connectivity index (χ4v) is 5.01. The quantitative estimate of drug-likeness (QED) is 0.349. The predicted molar refractivity (Wildman–Crippen MR) is 135 cm³/mol. The summed E-state index contributed by atoms with van der Waals surface area (Å²) in [5.41, 5.74) is 2.13. The van der Waals surface area contributed by atoms with Crippen molar-refractivity contribution in [1.29, 1.82) is 0 Å². The molecule has 0 bridgehead atoms. The van der Waals surface area contributed by atoms with E-state index in [2.05, 4.69) is 10.0 Å². The molecule has 0 aliphatic rings. The number of aryl methyl sites for hydroxylation is 2. The lowest BCUT2D eigenvalue weighted by Crippen LogP contribution is -2.28. The van der Waals surface area contributed by atoms with Gasteiger partial charge in [-0.3, -0.25) is 9.52 Å². The first kappa shape index (κ1) is 23.3. The highest BCUT2D eigenvalue weighted by molar-refractivity contribution is 7.92. The minimum atomic E-state index is -3.86. The van der Waals surface area contributed by atoms with E-state index < -0.39 is 10.0 Å². The molecular weight excluding hydrogens is 448 g/mol. The molecule has 4 aromatic carbocycles. The summed E-state index contributed by atoms with van der Waals surface area (Å²) >= 11 is 0. The summed E-state index contributed by atoms with van der Waals surface area (Å²) in [6.45, 7) is 4.10. The Kier molecular flexibility index (Phi) is 6.84. The molecule has 0 unspecified atom stereocenters. The van der Waals surface area contributed by atoms with Gasteiger partial charge in [-0.05, 0) is 66.1 Å². The van der Waals surface area contributed by atoms with E-state index >= 15 is 0 Å². The molecule has 1 amide bonds. The Bertz CT molecular complexity index is 1450. The molecule has 0 spiro atoms. The average molecular weight is 475 g/mol. The van der Waals surface area contributed by atoms with Crippen molar-refractivity contribution >= 4 is 32.4 Å². The lowest BCUT2D eigenvalue weighted by atomic mass is 10.1. The molecule has 34 heavy (non-hydrogen) atoms. The van der Waals surface area contributed by atoms with Gasteiger partial charge >= 0.3 is 0 Å². The van der Waals surface area contributed by atoms with Gasteiger partial charge in [-0.25, -0.2) is 8.42 Å². The third-order valence-corrected chi connectivity index (χ3v) is 7.01. The zero-order valence-electron chi connectivity index (χ0n) is 19.0. The highest BCUT2D eigenvalue weighted by Crippen LogP contribution is 2.23. The molecule has 4 aromatic rings. The van der Waals surface area contributed by atoms with Gasteiger partial charge in [0.2, 0.25) is 0 Å². The number of amides is 1. The van der Waals surface area contributed by atoms with Gasteiger partial charge in [0.25, 0.3) is 15.9 Å². The summed E-state index contributed by atoms with van der Waals surface area (Å²) in [6.07, 6.45) is 0. The van der Waals surface area contributed by atoms with Crippen molar-refractivity contribution in [2.24, 2.45) is 0 Å². The van der Waals surface area contributed by atoms with Gasteiger partial charge in [0.05, 0.1) is 17.1 Å². The van der Waals surface area contributed by atoms with E-state index in [-0.39, 0.29) is 29.5 Å². The summed E-state index contributed by atoms with van der Waals surface area (Å²) in [5, 5.41) is 4.99. The maximum atomic E-state index is 13.0. The Morgan fingerprint density at radius 2 is 1.56 bits per heavy atom. The first-order valence-electron chi connectivity index (χ1n) is 10.9. The lowest BCUT2D eigenvalue weighted by molar-refractivity contribution is 0.0947. The number of para-hydroxylation sites is 1. The molecule has 0 atom stereocenters. The number of nitrogens with one attached hydrogen (secondary N) is 2. The average Bonchev–Trinajstić information content (AvgIpc) is 2.83. The Morgan fingerprint density at radius 1 is 0.824 bits per heavy atom. The molecule has 0 aromatic heterocycles. The van der Waals surface area contributed by atoms with Crippen LogP contribution >= 0.6 is 0 Å². The Morgan fingerprint density at radius 3 is 2.35 bits per heavy atom. The van der Waals surface area contributed by atoms with Crippen molar-refractivity contribution in [3.8, 4) is 5.75 Å². The van der Waals surface area contributed by atoms with E-state index in [0.29, 0.717) is 11.3 Å². The maximum absolute atomic E-state index is 13.0. The molecule has 174 valence electrons. The number of carbonyl (C=O) groups excluding carboxylic acids is 1. The van der Waals surface area contributed by atoms with Crippen LogP contribution in [-0.4, -0.2) is 27.5 Å². The third kappa shape index (κ3) is 5.38. The van der Waals surface area contributed by atoms with Crippen LogP contribution in [0.2, 0.25) is 0 Å². The van der Waals surface area contributed by atoms with Crippen LogP contribution in [0.3, 0.4) is 0 Å². The van der Waals surface area contributed by atoms with Crippen LogP contribution in [0.5, 0.6) is 5.75 Å². The van der Waals surface area contributed by atoms with Crippen molar-refractivity contribution in [2.45, 2.75) is 18.7 Å². The number of carbonyl (C=O) groups is 1. The molecule has 0 aliphatic heterocycles. The normalized spacial score (nSPS) is 11.2. The molecule has 0 saturated heterocycles. The smallest absolute Gasteiger partial charge is 0.262 e. The van der Waals surface area contributed by atoms with Crippen molar-refractivity contribution in [3.63, 3.8) is 0 Å². The number of rotatable bonds is 8. The summed E-state index contributed by atoms with van der Waals surface area (Å²) < 4.78 is 34.4. The molecular formula is C27H26N2O4S. The van der Waals surface area contributed by atoms with Gasteiger partial charge < -0.3 is 10.1 Å². The number of benzene rings is 4. The van der Waals surface area contributed by atoms with Gasteiger partial charge in [-0.2, -0.15) is 0 Å². The summed E-state index contributed by atoms with van der Waals surface area (Å²) in [7, 11) is -3.86. The molecule has 6 nitrogen and oxygen atoms in total. The Labute approximate surface area is 199 Å². The molecule has 2 N–H and O–H groups in total. The van der Waals surface area contributed by atoms with Gasteiger partial charge in [0.1, 0.15) is 12.4 Å². The second-order valence-electron chi connectivity index (χ2n) is 8.01. The number of sulfonamides is 1. The summed E-state index contributed by atoms with van der Waals surface area (Å²) in [4.78, 5) is 12.7. The monoisotopic (exact) mass is 474 g/mol. The number of hydrogen-bond acceptors (Lipinski definition) is 4. The highest BCUT2D eigenvalue weighted by atomic mass is 32.2. The lowest BCUT2D eigenvalue weighted by Gasteiger charge is -2.14. The van der Waals surface area contributed by atoms with E-state index in [1.807, 2.05) is 61.5 Å². The molecule has 0 saturated carbocycles. The zero-order chi connectivity index (χ0) is 24.1. The van der Waals surface area contributed by atoms with Crippen LogP contribution in [0.4, 0.5) is 5.69 Å². The standard InChI is InChI=1S/C27H26N2O4S/c1-19-7-3-6-10-25(19)29-34(31,32)26-18-23(12-11-20(26)2)27(30)28-15-16-33-24-14-13-21-8-4-5-9-22(21)17-24/h3-14,17-18,29H,15-16H2,1-2H3,(H,28,30). The van der Waals surface area contributed by atoms with E-state index in [1.54, 1.807) is 31.2 Å². The Hall–Kier alpha value is -3.84.